The van der Waals surface area contributed by atoms with E-state index in [0.717, 1.165) is 13.1 Å². The quantitative estimate of drug-likeness (QED) is 0.721. The number of nitrogens with zero attached hydrogens (tertiary/aromatic N) is 1. The number of carbonyl (C=O) groups excluding carboxylic acids is 1. The molecule has 1 saturated heterocycles. The highest BCUT2D eigenvalue weighted by Gasteiger charge is 2.49. The van der Waals surface area contributed by atoms with Crippen molar-refractivity contribution >= 4 is 6.09 Å². The van der Waals surface area contributed by atoms with Crippen molar-refractivity contribution in [2.45, 2.75) is 34.6 Å². The van der Waals surface area contributed by atoms with Crippen molar-refractivity contribution in [2.24, 2.45) is 17.3 Å². The Kier molecular flexibility index (Phi) is 3.63. The molecule has 1 aliphatic rings. The van der Waals surface area contributed by atoms with E-state index in [-0.39, 0.29) is 6.09 Å². The summed E-state index contributed by atoms with van der Waals surface area (Å²) in [5.74, 6) is 1.23. The smallest absolute Gasteiger partial charge is 0.409 e. The van der Waals surface area contributed by atoms with Crippen LogP contribution in [0.15, 0.2) is 0 Å². The van der Waals surface area contributed by atoms with E-state index in [0.29, 0.717) is 23.9 Å². The SMILES string of the molecule is CCOC(=O)N1CC(C(C)C)(C(C)C)C1. The fourth-order valence-electron chi connectivity index (χ4n) is 2.41. The lowest BCUT2D eigenvalue weighted by atomic mass is 9.64. The number of carbonyl (C=O) groups is 1. The first kappa shape index (κ1) is 12.3. The van der Waals surface area contributed by atoms with Gasteiger partial charge in [-0.25, -0.2) is 4.79 Å². The minimum atomic E-state index is -0.158. The second kappa shape index (κ2) is 4.42. The van der Waals surface area contributed by atoms with E-state index < -0.39 is 0 Å². The molecule has 0 atom stereocenters. The van der Waals surface area contributed by atoms with Gasteiger partial charge in [-0.15, -0.1) is 0 Å². The van der Waals surface area contributed by atoms with Crippen molar-refractivity contribution in [3.05, 3.63) is 0 Å². The highest BCUT2D eigenvalue weighted by atomic mass is 16.6. The lowest BCUT2D eigenvalue weighted by Gasteiger charge is -2.54. The maximum atomic E-state index is 11.5. The molecule has 3 nitrogen and oxygen atoms in total. The second-order valence-corrected chi connectivity index (χ2v) is 5.10. The van der Waals surface area contributed by atoms with E-state index in [1.54, 1.807) is 0 Å². The molecular weight excluding hydrogens is 190 g/mol. The summed E-state index contributed by atoms with van der Waals surface area (Å²) in [4.78, 5) is 13.3. The number of amides is 1. The molecule has 0 spiro atoms. The molecule has 1 heterocycles. The fraction of sp³-hybridized carbons (Fsp3) is 0.917. The van der Waals surface area contributed by atoms with E-state index >= 15 is 0 Å². The second-order valence-electron chi connectivity index (χ2n) is 5.10. The zero-order valence-corrected chi connectivity index (χ0v) is 10.5. The van der Waals surface area contributed by atoms with Crippen molar-refractivity contribution in [1.29, 1.82) is 0 Å². The van der Waals surface area contributed by atoms with E-state index in [1.165, 1.54) is 0 Å². The average Bonchev–Trinajstić information content (AvgIpc) is 2.00. The molecule has 15 heavy (non-hydrogen) atoms. The predicted molar refractivity (Wildman–Crippen MR) is 60.7 cm³/mol. The van der Waals surface area contributed by atoms with Gasteiger partial charge in [-0.05, 0) is 18.8 Å². The van der Waals surface area contributed by atoms with E-state index in [1.807, 2.05) is 11.8 Å². The molecule has 1 fully saturated rings. The van der Waals surface area contributed by atoms with Crippen LogP contribution in [0.25, 0.3) is 0 Å². The molecule has 1 aliphatic heterocycles. The largest absolute Gasteiger partial charge is 0.450 e. The Morgan fingerprint density at radius 2 is 1.73 bits per heavy atom. The average molecular weight is 213 g/mol. The molecular formula is C12H23NO2. The van der Waals surface area contributed by atoms with Crippen LogP contribution >= 0.6 is 0 Å². The van der Waals surface area contributed by atoms with Crippen LogP contribution in [0.2, 0.25) is 0 Å². The first-order chi connectivity index (χ1) is 6.94. The predicted octanol–water partition coefficient (Wildman–Crippen LogP) is 2.76. The van der Waals surface area contributed by atoms with Crippen LogP contribution in [0.1, 0.15) is 34.6 Å². The zero-order valence-electron chi connectivity index (χ0n) is 10.5. The first-order valence-corrected chi connectivity index (χ1v) is 5.85. The van der Waals surface area contributed by atoms with Gasteiger partial charge in [0.1, 0.15) is 0 Å². The van der Waals surface area contributed by atoms with Crippen LogP contribution in [0.5, 0.6) is 0 Å². The highest BCUT2D eigenvalue weighted by Crippen LogP contribution is 2.44. The summed E-state index contributed by atoms with van der Waals surface area (Å²) in [6, 6.07) is 0. The molecule has 0 aromatic rings. The zero-order chi connectivity index (χ0) is 11.6. The molecule has 3 heteroatoms. The Morgan fingerprint density at radius 1 is 1.27 bits per heavy atom. The minimum absolute atomic E-state index is 0.158. The molecule has 0 radical (unpaired) electrons. The lowest BCUT2D eigenvalue weighted by Crippen LogP contribution is -2.63. The summed E-state index contributed by atoms with van der Waals surface area (Å²) in [6.45, 7) is 13.0. The van der Waals surface area contributed by atoms with Crippen molar-refractivity contribution in [3.8, 4) is 0 Å². The van der Waals surface area contributed by atoms with Crippen molar-refractivity contribution in [2.75, 3.05) is 19.7 Å². The lowest BCUT2D eigenvalue weighted by molar-refractivity contribution is -0.0624. The van der Waals surface area contributed by atoms with Gasteiger partial charge in [0.05, 0.1) is 6.61 Å². The number of hydrogen-bond acceptors (Lipinski definition) is 2. The fourth-order valence-corrected chi connectivity index (χ4v) is 2.41. The summed E-state index contributed by atoms with van der Waals surface area (Å²) in [7, 11) is 0. The maximum absolute atomic E-state index is 11.5. The van der Waals surface area contributed by atoms with Crippen molar-refractivity contribution < 1.29 is 9.53 Å². The van der Waals surface area contributed by atoms with Crippen LogP contribution in [0.3, 0.4) is 0 Å². The minimum Gasteiger partial charge on any atom is -0.450 e. The molecule has 1 rings (SSSR count). The molecule has 0 bridgehead atoms. The Balaban J connectivity index is 2.55. The maximum Gasteiger partial charge on any atom is 0.409 e. The Labute approximate surface area is 92.8 Å². The van der Waals surface area contributed by atoms with E-state index in [9.17, 15) is 4.79 Å². The van der Waals surface area contributed by atoms with Crippen LogP contribution in [-0.4, -0.2) is 30.7 Å². The number of ether oxygens (including phenoxy) is 1. The first-order valence-electron chi connectivity index (χ1n) is 5.85. The van der Waals surface area contributed by atoms with Crippen LogP contribution < -0.4 is 0 Å². The molecule has 0 aliphatic carbocycles. The van der Waals surface area contributed by atoms with Gasteiger partial charge in [0.2, 0.25) is 0 Å². The summed E-state index contributed by atoms with van der Waals surface area (Å²) in [5, 5.41) is 0. The standard InChI is InChI=1S/C12H23NO2/c1-6-15-11(14)13-7-12(8-13,9(2)3)10(4)5/h9-10H,6-8H2,1-5H3. The Hall–Kier alpha value is -0.730. The Bertz CT molecular complexity index is 220. The van der Waals surface area contributed by atoms with Gasteiger partial charge in [-0.1, -0.05) is 27.7 Å². The summed E-state index contributed by atoms with van der Waals surface area (Å²) in [6.07, 6.45) is -0.158. The molecule has 1 amide bonds. The summed E-state index contributed by atoms with van der Waals surface area (Å²) < 4.78 is 4.99. The van der Waals surface area contributed by atoms with Crippen molar-refractivity contribution in [1.82, 2.24) is 4.90 Å². The van der Waals surface area contributed by atoms with E-state index in [2.05, 4.69) is 27.7 Å². The molecule has 88 valence electrons. The van der Waals surface area contributed by atoms with Crippen LogP contribution in [0.4, 0.5) is 4.79 Å². The van der Waals surface area contributed by atoms with Gasteiger partial charge in [-0.2, -0.15) is 0 Å². The van der Waals surface area contributed by atoms with Crippen LogP contribution in [-0.2, 0) is 4.74 Å². The topological polar surface area (TPSA) is 29.5 Å². The summed E-state index contributed by atoms with van der Waals surface area (Å²) in [5.41, 5.74) is 0.298. The third kappa shape index (κ3) is 2.11. The van der Waals surface area contributed by atoms with Gasteiger partial charge in [0, 0.05) is 18.5 Å². The molecule has 0 saturated carbocycles. The number of rotatable bonds is 3. The molecule has 0 N–H and O–H groups in total. The Morgan fingerprint density at radius 3 is 2.07 bits per heavy atom. The summed E-state index contributed by atoms with van der Waals surface area (Å²) >= 11 is 0. The van der Waals surface area contributed by atoms with Gasteiger partial charge in [0.15, 0.2) is 0 Å². The third-order valence-corrected chi connectivity index (χ3v) is 3.80. The van der Waals surface area contributed by atoms with E-state index in [4.69, 9.17) is 4.74 Å². The van der Waals surface area contributed by atoms with Crippen molar-refractivity contribution in [3.63, 3.8) is 0 Å². The van der Waals surface area contributed by atoms with Gasteiger partial charge in [0.25, 0.3) is 0 Å². The van der Waals surface area contributed by atoms with Gasteiger partial charge < -0.3 is 9.64 Å². The monoisotopic (exact) mass is 213 g/mol. The molecule has 0 aromatic heterocycles. The van der Waals surface area contributed by atoms with Crippen LogP contribution in [0, 0.1) is 17.3 Å². The molecule has 0 unspecified atom stereocenters. The number of hydrogen-bond donors (Lipinski definition) is 0. The number of likely N-dealkylation sites (tertiary alicyclic amines) is 1. The van der Waals surface area contributed by atoms with Gasteiger partial charge in [-0.3, -0.25) is 0 Å². The normalized spacial score (nSPS) is 19.3. The van der Waals surface area contributed by atoms with Gasteiger partial charge >= 0.3 is 6.09 Å². The molecule has 0 aromatic carbocycles. The highest BCUT2D eigenvalue weighted by molar-refractivity contribution is 5.69. The third-order valence-electron chi connectivity index (χ3n) is 3.80.